The number of rotatable bonds is 6. The summed E-state index contributed by atoms with van der Waals surface area (Å²) in [6.07, 6.45) is 3.84. The molecule has 7 atom stereocenters. The van der Waals surface area contributed by atoms with Gasteiger partial charge in [-0.05, 0) is 99.6 Å². The zero-order chi connectivity index (χ0) is 32.2. The van der Waals surface area contributed by atoms with Crippen LogP contribution in [0.2, 0.25) is 0 Å². The van der Waals surface area contributed by atoms with Crippen LogP contribution in [0.1, 0.15) is 56.3 Å². The van der Waals surface area contributed by atoms with Crippen LogP contribution in [0, 0.1) is 34.0 Å². The van der Waals surface area contributed by atoms with Crippen molar-refractivity contribution in [2.45, 2.75) is 73.1 Å². The summed E-state index contributed by atoms with van der Waals surface area (Å²) in [4.78, 5) is 41.2. The largest absolute Gasteiger partial charge is 0.508 e. The molecule has 0 radical (unpaired) electrons. The Labute approximate surface area is 264 Å². The van der Waals surface area contributed by atoms with E-state index in [-0.39, 0.29) is 29.9 Å². The average molecular weight is 632 g/mol. The summed E-state index contributed by atoms with van der Waals surface area (Å²) in [6, 6.07) is 15.2. The summed E-state index contributed by atoms with van der Waals surface area (Å²) in [6.45, 7) is 2.91. The van der Waals surface area contributed by atoms with Crippen molar-refractivity contribution < 1.29 is 38.5 Å². The fourth-order valence-corrected chi connectivity index (χ4v) is 9.39. The molecule has 0 spiro atoms. The number of esters is 2. The Morgan fingerprint density at radius 2 is 1.87 bits per heavy atom. The van der Waals surface area contributed by atoms with Crippen molar-refractivity contribution in [1.82, 2.24) is 0 Å². The smallest absolute Gasteiger partial charge is 0.352 e. The summed E-state index contributed by atoms with van der Waals surface area (Å²) in [7, 11) is 0. The number of hydrogen-bond donors (Lipinski definition) is 2. The predicted octanol–water partition coefficient (Wildman–Crippen LogP) is 5.88. The third-order valence-corrected chi connectivity index (χ3v) is 11.8. The van der Waals surface area contributed by atoms with Gasteiger partial charge in [-0.2, -0.15) is 5.26 Å². The summed E-state index contributed by atoms with van der Waals surface area (Å²) in [5, 5.41) is 30.6. The van der Waals surface area contributed by atoms with Crippen molar-refractivity contribution in [3.8, 4) is 11.8 Å². The van der Waals surface area contributed by atoms with Gasteiger partial charge in [0.15, 0.2) is 18.1 Å². The van der Waals surface area contributed by atoms with Gasteiger partial charge in [0, 0.05) is 26.5 Å². The van der Waals surface area contributed by atoms with Gasteiger partial charge < -0.3 is 19.7 Å². The van der Waals surface area contributed by atoms with E-state index in [0.717, 1.165) is 9.79 Å². The summed E-state index contributed by atoms with van der Waals surface area (Å²) >= 11 is 1.39. The number of phenols is 1. The second-order valence-corrected chi connectivity index (χ2v) is 14.0. The number of aliphatic hydroxyl groups excluding tert-OH is 1. The highest BCUT2D eigenvalue weighted by molar-refractivity contribution is 7.99. The first-order valence-corrected chi connectivity index (χ1v) is 15.9. The average Bonchev–Trinajstić information content (AvgIpc) is 3.29. The van der Waals surface area contributed by atoms with Crippen molar-refractivity contribution >= 4 is 29.5 Å². The van der Waals surface area contributed by atoms with E-state index in [4.69, 9.17) is 14.7 Å². The number of ether oxygens (including phenoxy) is 2. The van der Waals surface area contributed by atoms with Crippen molar-refractivity contribution in [2.24, 2.45) is 22.7 Å². The first-order chi connectivity index (χ1) is 21.4. The highest BCUT2D eigenvalue weighted by atomic mass is 32.2. The van der Waals surface area contributed by atoms with Crippen LogP contribution in [0.25, 0.3) is 0 Å². The summed E-state index contributed by atoms with van der Waals surface area (Å²) < 4.78 is 29.0. The first-order valence-electron chi connectivity index (χ1n) is 15.0. The van der Waals surface area contributed by atoms with Gasteiger partial charge in [0.05, 0.1) is 11.7 Å². The van der Waals surface area contributed by atoms with Gasteiger partial charge in [-0.25, -0.2) is 14.0 Å². The van der Waals surface area contributed by atoms with Crippen LogP contribution in [0.15, 0.2) is 82.1 Å². The van der Waals surface area contributed by atoms with Crippen molar-refractivity contribution in [1.29, 1.82) is 5.26 Å². The number of benzene rings is 2. The van der Waals surface area contributed by atoms with E-state index >= 15 is 4.39 Å². The lowest BCUT2D eigenvalue weighted by Crippen LogP contribution is -2.69. The fourth-order valence-electron chi connectivity index (χ4n) is 8.52. The molecule has 0 heterocycles. The Hall–Kier alpha value is -3.94. The Kier molecular flexibility index (Phi) is 7.69. The zero-order valence-electron chi connectivity index (χ0n) is 25.0. The Balaban J connectivity index is 1.31. The van der Waals surface area contributed by atoms with Gasteiger partial charge in [0.25, 0.3) is 0 Å². The molecule has 6 rings (SSSR count). The normalized spacial score (nSPS) is 34.9. The topological polar surface area (TPSA) is 134 Å². The number of allylic oxidation sites excluding steroid dienone is 4. The maximum absolute atomic E-state index is 17.5. The lowest BCUT2D eigenvalue weighted by atomic mass is 9.45. The van der Waals surface area contributed by atoms with Crippen LogP contribution in [-0.2, 0) is 19.1 Å². The van der Waals surface area contributed by atoms with E-state index in [0.29, 0.717) is 24.8 Å². The molecule has 7 unspecified atom stereocenters. The van der Waals surface area contributed by atoms with Crippen molar-refractivity contribution in [3.63, 3.8) is 0 Å². The quantitative estimate of drug-likeness (QED) is 0.375. The van der Waals surface area contributed by atoms with E-state index in [1.54, 1.807) is 68.5 Å². The first kappa shape index (κ1) is 31.1. The lowest BCUT2D eigenvalue weighted by molar-refractivity contribution is -0.224. The molecule has 2 aromatic rings. The predicted molar refractivity (Wildman–Crippen MR) is 162 cm³/mol. The van der Waals surface area contributed by atoms with Gasteiger partial charge in [-0.15, -0.1) is 0 Å². The van der Waals surface area contributed by atoms with Crippen LogP contribution in [0.5, 0.6) is 5.75 Å². The minimum Gasteiger partial charge on any atom is -0.508 e. The van der Waals surface area contributed by atoms with Gasteiger partial charge in [-0.1, -0.05) is 36.4 Å². The van der Waals surface area contributed by atoms with Gasteiger partial charge in [0.1, 0.15) is 11.8 Å². The van der Waals surface area contributed by atoms with Crippen molar-refractivity contribution in [2.75, 3.05) is 6.61 Å². The third-order valence-electron chi connectivity index (χ3n) is 10.8. The van der Waals surface area contributed by atoms with E-state index in [2.05, 4.69) is 0 Å². The summed E-state index contributed by atoms with van der Waals surface area (Å²) in [5.41, 5.74) is -5.55. The van der Waals surface area contributed by atoms with Crippen LogP contribution in [0.3, 0.4) is 0 Å². The number of halogens is 1. The minimum absolute atomic E-state index is 0.0443. The minimum atomic E-state index is -2.11. The Morgan fingerprint density at radius 3 is 2.58 bits per heavy atom. The number of alkyl halides is 1. The Morgan fingerprint density at radius 1 is 1.11 bits per heavy atom. The number of nitrogens with zero attached hydrogens (tertiary/aromatic N) is 1. The fraction of sp³-hybridized carbons (Fsp3) is 0.429. The molecule has 3 fully saturated rings. The molecule has 4 aliphatic carbocycles. The molecule has 0 bridgehead atoms. The van der Waals surface area contributed by atoms with Gasteiger partial charge in [-0.3, -0.25) is 4.79 Å². The maximum Gasteiger partial charge on any atom is 0.352 e. The van der Waals surface area contributed by atoms with Gasteiger partial charge in [0.2, 0.25) is 5.60 Å². The molecule has 0 amide bonds. The monoisotopic (exact) mass is 631 g/mol. The SMILES string of the molecule is CC12C=CC(=O)C=C1CCC1C3CCC(OC(=O)c4ccc(Sc5cccc(O)c5)cc4)(C(=O)OCC#N)C3(C)CC(O)C12F. The van der Waals surface area contributed by atoms with E-state index in [1.807, 2.05) is 6.07 Å². The van der Waals surface area contributed by atoms with Crippen LogP contribution >= 0.6 is 11.8 Å². The molecular weight excluding hydrogens is 597 g/mol. The number of aromatic hydroxyl groups is 1. The molecule has 10 heteroatoms. The summed E-state index contributed by atoms with van der Waals surface area (Å²) in [5.74, 6) is -2.89. The second-order valence-electron chi connectivity index (χ2n) is 12.9. The Bertz CT molecular complexity index is 1670. The highest BCUT2D eigenvalue weighted by Gasteiger charge is 2.76. The molecule has 234 valence electrons. The molecule has 4 aliphatic rings. The lowest BCUT2D eigenvalue weighted by Gasteiger charge is -2.62. The number of fused-ring (bicyclic) bond motifs is 5. The number of carbonyl (C=O) groups is 3. The third kappa shape index (κ3) is 4.70. The van der Waals surface area contributed by atoms with Gasteiger partial charge >= 0.3 is 11.9 Å². The van der Waals surface area contributed by atoms with E-state index in [1.165, 1.54) is 23.9 Å². The molecule has 0 aromatic heterocycles. The number of phenolic OH excluding ortho intramolecular Hbond substituents is 1. The molecule has 0 aliphatic heterocycles. The number of carbonyl (C=O) groups excluding carboxylic acids is 3. The molecule has 8 nitrogen and oxygen atoms in total. The number of aliphatic hydroxyl groups is 1. The number of ketones is 1. The van der Waals surface area contributed by atoms with E-state index in [9.17, 15) is 24.6 Å². The zero-order valence-corrected chi connectivity index (χ0v) is 25.8. The van der Waals surface area contributed by atoms with E-state index < -0.39 is 58.6 Å². The number of hydrogen-bond acceptors (Lipinski definition) is 9. The van der Waals surface area contributed by atoms with Crippen molar-refractivity contribution in [3.05, 3.63) is 77.9 Å². The molecule has 2 aromatic carbocycles. The number of nitriles is 1. The maximum atomic E-state index is 17.5. The van der Waals surface area contributed by atoms with Crippen LogP contribution in [-0.4, -0.2) is 51.9 Å². The van der Waals surface area contributed by atoms with Crippen LogP contribution in [0.4, 0.5) is 4.39 Å². The molecule has 2 N–H and O–H groups in total. The van der Waals surface area contributed by atoms with Crippen LogP contribution < -0.4 is 0 Å². The molecule has 0 saturated heterocycles. The second kappa shape index (κ2) is 11.1. The molecule has 3 saturated carbocycles. The standard InChI is InChI=1S/C35H34FNO7S/c1-32-14-12-24(39)18-22(32)8-11-28-27-13-15-34(31(42)43-17-16-37,33(27,2)20-29(40)35(28,32)36)44-30(41)21-6-9-25(10-7-21)45-26-5-3-4-23(38)19-26/h3-7,9-10,12,14,18-19,27-29,38,40H,8,11,13,15,17,20H2,1-2H3. The highest BCUT2D eigenvalue weighted by Crippen LogP contribution is 2.70. The molecular formula is C35H34FNO7S. The molecule has 45 heavy (non-hydrogen) atoms.